The van der Waals surface area contributed by atoms with Gasteiger partial charge in [-0.3, -0.25) is 0 Å². The van der Waals surface area contributed by atoms with Gasteiger partial charge in [-0.1, -0.05) is 13.0 Å². The quantitative estimate of drug-likeness (QED) is 0.622. The number of nitrogens with two attached hydrogens (primary N) is 1. The molecule has 5 heteroatoms. The second kappa shape index (κ2) is 8.73. The van der Waals surface area contributed by atoms with Gasteiger partial charge in [0.1, 0.15) is 9.84 Å². The van der Waals surface area contributed by atoms with Gasteiger partial charge in [-0.05, 0) is 31.4 Å². The molecule has 0 radical (unpaired) electrons. The Balaban J connectivity index is 4.12. The van der Waals surface area contributed by atoms with E-state index in [1.165, 1.54) is 0 Å². The van der Waals surface area contributed by atoms with E-state index in [1.54, 1.807) is 14.0 Å². The third-order valence-electron chi connectivity index (χ3n) is 2.33. The van der Waals surface area contributed by atoms with Gasteiger partial charge < -0.3 is 10.5 Å². The zero-order valence-electron chi connectivity index (χ0n) is 10.2. The number of hydrogen-bond acceptors (Lipinski definition) is 4. The lowest BCUT2D eigenvalue weighted by Gasteiger charge is -2.05. The van der Waals surface area contributed by atoms with Crippen LogP contribution in [0.15, 0.2) is 11.6 Å². The fraction of sp³-hybridized carbons (Fsp3) is 0.818. The second-order valence-corrected chi connectivity index (χ2v) is 6.19. The molecule has 0 rings (SSSR count). The Morgan fingerprint density at radius 3 is 2.62 bits per heavy atom. The van der Waals surface area contributed by atoms with Crippen LogP contribution in [0, 0.1) is 0 Å². The Labute approximate surface area is 98.8 Å². The molecular formula is C11H23NO3S. The van der Waals surface area contributed by atoms with Crippen molar-refractivity contribution in [2.75, 3.05) is 31.8 Å². The lowest BCUT2D eigenvalue weighted by Crippen LogP contribution is -2.08. The van der Waals surface area contributed by atoms with E-state index < -0.39 is 9.84 Å². The van der Waals surface area contributed by atoms with E-state index in [-0.39, 0.29) is 11.5 Å². The maximum absolute atomic E-state index is 11.3. The summed E-state index contributed by atoms with van der Waals surface area (Å²) in [7, 11) is -1.22. The molecule has 4 nitrogen and oxygen atoms in total. The molecule has 0 saturated heterocycles. The Bertz CT molecular complexity index is 296. The van der Waals surface area contributed by atoms with Gasteiger partial charge >= 0.3 is 0 Å². The van der Waals surface area contributed by atoms with Gasteiger partial charge in [0, 0.05) is 12.9 Å². The normalized spacial score (nSPS) is 13.1. The molecule has 0 aromatic heterocycles. The molecule has 0 spiro atoms. The van der Waals surface area contributed by atoms with E-state index >= 15 is 0 Å². The predicted molar refractivity (Wildman–Crippen MR) is 67.2 cm³/mol. The molecule has 0 aliphatic heterocycles. The first-order valence-electron chi connectivity index (χ1n) is 5.63. The first-order chi connectivity index (χ1) is 7.55. The van der Waals surface area contributed by atoms with E-state index in [0.29, 0.717) is 19.6 Å². The Morgan fingerprint density at radius 1 is 1.44 bits per heavy atom. The monoisotopic (exact) mass is 249 g/mol. The van der Waals surface area contributed by atoms with Crippen LogP contribution >= 0.6 is 0 Å². The highest BCUT2D eigenvalue weighted by Crippen LogP contribution is 2.07. The summed E-state index contributed by atoms with van der Waals surface area (Å²) < 4.78 is 27.6. The van der Waals surface area contributed by atoms with Crippen molar-refractivity contribution in [3.05, 3.63) is 11.6 Å². The number of ether oxygens (including phenoxy) is 1. The molecule has 0 heterocycles. The van der Waals surface area contributed by atoms with Crippen LogP contribution in [0.4, 0.5) is 0 Å². The van der Waals surface area contributed by atoms with Crippen molar-refractivity contribution in [3.8, 4) is 0 Å². The van der Waals surface area contributed by atoms with Crippen LogP contribution in [0.25, 0.3) is 0 Å². The van der Waals surface area contributed by atoms with E-state index in [1.807, 2.05) is 6.08 Å². The van der Waals surface area contributed by atoms with Crippen LogP contribution in [0.5, 0.6) is 0 Å². The third kappa shape index (κ3) is 7.84. The van der Waals surface area contributed by atoms with E-state index in [4.69, 9.17) is 10.5 Å². The number of hydrogen-bond donors (Lipinski definition) is 1. The molecule has 2 N–H and O–H groups in total. The molecule has 0 aliphatic rings. The van der Waals surface area contributed by atoms with E-state index in [9.17, 15) is 8.42 Å². The number of allylic oxidation sites excluding steroid dienone is 1. The van der Waals surface area contributed by atoms with Gasteiger partial charge in [-0.15, -0.1) is 0 Å². The van der Waals surface area contributed by atoms with Gasteiger partial charge in [0.2, 0.25) is 0 Å². The van der Waals surface area contributed by atoms with Crippen molar-refractivity contribution in [1.29, 1.82) is 0 Å². The van der Waals surface area contributed by atoms with Crippen molar-refractivity contribution in [1.82, 2.24) is 0 Å². The standard InChI is InChI=1S/C11H23NO3S/c1-3-16(13,14)9-5-7-11(10-15-2)6-4-8-12/h7H,3-6,8-10,12H2,1-2H3/b11-7-. The van der Waals surface area contributed by atoms with Crippen LogP contribution < -0.4 is 5.73 Å². The summed E-state index contributed by atoms with van der Waals surface area (Å²) in [6.45, 7) is 2.88. The molecular weight excluding hydrogens is 226 g/mol. The molecule has 0 saturated carbocycles. The Hall–Kier alpha value is -0.390. The zero-order valence-corrected chi connectivity index (χ0v) is 11.1. The summed E-state index contributed by atoms with van der Waals surface area (Å²) in [4.78, 5) is 0. The van der Waals surface area contributed by atoms with Gasteiger partial charge in [0.15, 0.2) is 0 Å². The molecule has 96 valence electrons. The topological polar surface area (TPSA) is 69.4 Å². The molecule has 0 unspecified atom stereocenters. The number of rotatable bonds is 9. The fourth-order valence-electron chi connectivity index (χ4n) is 1.33. The van der Waals surface area contributed by atoms with Gasteiger partial charge in [-0.25, -0.2) is 8.42 Å². The summed E-state index contributed by atoms with van der Waals surface area (Å²) >= 11 is 0. The Morgan fingerprint density at radius 2 is 2.12 bits per heavy atom. The van der Waals surface area contributed by atoms with Gasteiger partial charge in [-0.2, -0.15) is 0 Å². The summed E-state index contributed by atoms with van der Waals surface area (Å²) in [5.41, 5.74) is 6.57. The van der Waals surface area contributed by atoms with Crippen molar-refractivity contribution in [2.24, 2.45) is 5.73 Å². The summed E-state index contributed by atoms with van der Waals surface area (Å²) in [6, 6.07) is 0. The molecule has 0 fully saturated rings. The number of sulfone groups is 1. The summed E-state index contributed by atoms with van der Waals surface area (Å²) in [6.07, 6.45) is 4.33. The molecule has 16 heavy (non-hydrogen) atoms. The summed E-state index contributed by atoms with van der Waals surface area (Å²) in [5, 5.41) is 0. The van der Waals surface area contributed by atoms with Crippen LogP contribution in [0.2, 0.25) is 0 Å². The van der Waals surface area contributed by atoms with Gasteiger partial charge in [0.05, 0.1) is 12.4 Å². The zero-order chi connectivity index (χ0) is 12.4. The minimum absolute atomic E-state index is 0.212. The molecule has 0 amide bonds. The lowest BCUT2D eigenvalue weighted by atomic mass is 10.1. The average Bonchev–Trinajstić information content (AvgIpc) is 2.25. The SMILES string of the molecule is CCS(=O)(=O)CC/C=C(/CCCN)COC. The van der Waals surface area contributed by atoms with Crippen molar-refractivity contribution < 1.29 is 13.2 Å². The van der Waals surface area contributed by atoms with Crippen LogP contribution in [-0.4, -0.2) is 40.2 Å². The second-order valence-electron chi connectivity index (χ2n) is 3.71. The maximum atomic E-state index is 11.3. The highest BCUT2D eigenvalue weighted by Gasteiger charge is 2.05. The minimum atomic E-state index is -2.86. The number of methoxy groups -OCH3 is 1. The van der Waals surface area contributed by atoms with Crippen molar-refractivity contribution in [3.63, 3.8) is 0 Å². The molecule has 0 aliphatic carbocycles. The molecule has 0 aromatic carbocycles. The largest absolute Gasteiger partial charge is 0.380 e. The highest BCUT2D eigenvalue weighted by molar-refractivity contribution is 7.91. The molecule has 0 bridgehead atoms. The molecule has 0 atom stereocenters. The highest BCUT2D eigenvalue weighted by atomic mass is 32.2. The van der Waals surface area contributed by atoms with Gasteiger partial charge in [0.25, 0.3) is 0 Å². The summed E-state index contributed by atoms with van der Waals surface area (Å²) in [5.74, 6) is 0.433. The predicted octanol–water partition coefficient (Wildman–Crippen LogP) is 1.12. The van der Waals surface area contributed by atoms with E-state index in [2.05, 4.69) is 0 Å². The first-order valence-corrected chi connectivity index (χ1v) is 7.45. The third-order valence-corrected chi connectivity index (χ3v) is 4.07. The first kappa shape index (κ1) is 15.6. The van der Waals surface area contributed by atoms with Crippen molar-refractivity contribution in [2.45, 2.75) is 26.2 Å². The minimum Gasteiger partial charge on any atom is -0.380 e. The van der Waals surface area contributed by atoms with Crippen molar-refractivity contribution >= 4 is 9.84 Å². The van der Waals surface area contributed by atoms with Crippen LogP contribution in [0.1, 0.15) is 26.2 Å². The Kier molecular flexibility index (Phi) is 8.51. The van der Waals surface area contributed by atoms with Crippen LogP contribution in [-0.2, 0) is 14.6 Å². The fourth-order valence-corrected chi connectivity index (χ4v) is 2.10. The van der Waals surface area contributed by atoms with Crippen LogP contribution in [0.3, 0.4) is 0 Å². The smallest absolute Gasteiger partial charge is 0.150 e. The maximum Gasteiger partial charge on any atom is 0.150 e. The average molecular weight is 249 g/mol. The lowest BCUT2D eigenvalue weighted by molar-refractivity contribution is 0.222. The van der Waals surface area contributed by atoms with E-state index in [0.717, 1.165) is 18.4 Å². The molecule has 0 aromatic rings.